The summed E-state index contributed by atoms with van der Waals surface area (Å²) < 4.78 is 35.3. The summed E-state index contributed by atoms with van der Waals surface area (Å²) in [6, 6.07) is 31.7. The van der Waals surface area contributed by atoms with Crippen molar-refractivity contribution in [2.24, 2.45) is 0 Å². The van der Waals surface area contributed by atoms with Crippen LogP contribution >= 0.6 is 7.92 Å². The zero-order valence-electron chi connectivity index (χ0n) is 16.7. The van der Waals surface area contributed by atoms with Crippen molar-refractivity contribution < 1.29 is 16.9 Å². The van der Waals surface area contributed by atoms with Gasteiger partial charge >= 0.3 is 0 Å². The summed E-state index contributed by atoms with van der Waals surface area (Å²) in [7, 11) is -6.34. The summed E-state index contributed by atoms with van der Waals surface area (Å²) in [5.41, 5.74) is 1.55. The zero-order chi connectivity index (χ0) is 21.4. The summed E-state index contributed by atoms with van der Waals surface area (Å²) in [6.45, 7) is 0. The van der Waals surface area contributed by atoms with Crippen molar-refractivity contribution in [3.63, 3.8) is 0 Å². The molecule has 0 radical (unpaired) electrons. The number of benzene rings is 3. The minimum Gasteiger partial charge on any atom is -0.722 e. The molecule has 0 heterocycles. The van der Waals surface area contributed by atoms with E-state index in [-0.39, 0.29) is 0 Å². The van der Waals surface area contributed by atoms with Crippen molar-refractivity contribution in [3.05, 3.63) is 90.5 Å². The molecule has 1 aliphatic carbocycles. The topological polar surface area (TPSA) is 57.2 Å². The quantitative estimate of drug-likeness (QED) is 0.335. The van der Waals surface area contributed by atoms with E-state index in [1.165, 1.54) is 48.0 Å². The van der Waals surface area contributed by atoms with Gasteiger partial charge in [-0.3, -0.25) is 0 Å². The normalized spacial score (nSPS) is 14.8. The Morgan fingerprint density at radius 3 is 1.53 bits per heavy atom. The minimum absolute atomic E-state index is 0.784. The van der Waals surface area contributed by atoms with Crippen molar-refractivity contribution in [2.75, 3.05) is 0 Å². The molecular formula is C24H26FO3PS. The van der Waals surface area contributed by atoms with E-state index in [4.69, 9.17) is 13.0 Å². The first-order chi connectivity index (χ1) is 14.4. The van der Waals surface area contributed by atoms with E-state index in [1.54, 1.807) is 5.56 Å². The van der Waals surface area contributed by atoms with Crippen LogP contribution in [0.1, 0.15) is 43.6 Å². The number of rotatable bonds is 4. The first kappa shape index (κ1) is 22.6. The highest BCUT2D eigenvalue weighted by atomic mass is 32.3. The molecule has 0 unspecified atom stereocenters. The van der Waals surface area contributed by atoms with Gasteiger partial charge in [-0.1, -0.05) is 67.8 Å². The van der Waals surface area contributed by atoms with E-state index >= 15 is 0 Å². The van der Waals surface area contributed by atoms with Crippen LogP contribution in [0, 0.1) is 0 Å². The lowest BCUT2D eigenvalue weighted by atomic mass is 9.84. The van der Waals surface area contributed by atoms with E-state index < -0.39 is 18.4 Å². The highest BCUT2D eigenvalue weighted by Gasteiger charge is 2.25. The monoisotopic (exact) mass is 444 g/mol. The standard InChI is InChI=1S/C24H25P.FHO3S/c1-4-10-20(11-5-1)21-16-18-24(19-17-21)25(22-12-6-2-7-13-22)23-14-8-3-9-15-23;1-5(2,3)4/h2-3,6-9,12-20H,1,4-5,10-11H2;(H,2,3,4). The van der Waals surface area contributed by atoms with E-state index in [0.29, 0.717) is 0 Å². The molecule has 6 heteroatoms. The Balaban J connectivity index is 0.000000461. The van der Waals surface area contributed by atoms with E-state index in [1.807, 2.05) is 0 Å². The Labute approximate surface area is 179 Å². The van der Waals surface area contributed by atoms with Crippen LogP contribution in [-0.4, -0.2) is 13.0 Å². The average molecular weight is 445 g/mol. The van der Waals surface area contributed by atoms with E-state index in [2.05, 4.69) is 84.9 Å². The van der Waals surface area contributed by atoms with Crippen LogP contribution in [0.15, 0.2) is 84.9 Å². The highest BCUT2D eigenvalue weighted by Crippen LogP contribution is 2.35. The predicted molar refractivity (Wildman–Crippen MR) is 123 cm³/mol. The minimum atomic E-state index is -5.42. The van der Waals surface area contributed by atoms with Gasteiger partial charge in [-0.25, -0.2) is 8.42 Å². The molecule has 3 aromatic carbocycles. The molecule has 1 fully saturated rings. The summed E-state index contributed by atoms with van der Waals surface area (Å²) in [4.78, 5) is 0. The smallest absolute Gasteiger partial charge is 0.255 e. The highest BCUT2D eigenvalue weighted by molar-refractivity contribution is 7.80. The van der Waals surface area contributed by atoms with Gasteiger partial charge in [0.2, 0.25) is 0 Å². The van der Waals surface area contributed by atoms with E-state index in [0.717, 1.165) is 5.92 Å². The maximum atomic E-state index is 10.1. The molecule has 0 spiro atoms. The molecular weight excluding hydrogens is 418 g/mol. The maximum Gasteiger partial charge on any atom is 0.255 e. The van der Waals surface area contributed by atoms with Gasteiger partial charge in [0, 0.05) is 0 Å². The van der Waals surface area contributed by atoms with Crippen molar-refractivity contribution in [1.82, 2.24) is 0 Å². The molecule has 3 aromatic rings. The molecule has 1 saturated carbocycles. The van der Waals surface area contributed by atoms with Crippen LogP contribution < -0.4 is 15.9 Å². The third-order valence-electron chi connectivity index (χ3n) is 5.40. The molecule has 0 aromatic heterocycles. The van der Waals surface area contributed by atoms with Gasteiger partial charge in [0.15, 0.2) is 0 Å². The lowest BCUT2D eigenvalue weighted by Crippen LogP contribution is -2.20. The molecule has 0 bridgehead atoms. The van der Waals surface area contributed by atoms with E-state index in [9.17, 15) is 3.89 Å². The number of halogens is 1. The molecule has 158 valence electrons. The second kappa shape index (κ2) is 10.8. The predicted octanol–water partition coefficient (Wildman–Crippen LogP) is 4.64. The second-order valence-corrected chi connectivity index (χ2v) is 10.7. The largest absolute Gasteiger partial charge is 0.722 e. The van der Waals surface area contributed by atoms with Gasteiger partial charge in [0.25, 0.3) is 10.5 Å². The Kier molecular flexibility index (Phi) is 8.15. The van der Waals surface area contributed by atoms with Crippen molar-refractivity contribution >= 4 is 34.3 Å². The lowest BCUT2D eigenvalue weighted by Gasteiger charge is -2.22. The van der Waals surface area contributed by atoms with Gasteiger partial charge in [-0.05, 0) is 60.7 Å². The number of hydrogen-bond acceptors (Lipinski definition) is 3. The molecule has 30 heavy (non-hydrogen) atoms. The first-order valence-electron chi connectivity index (χ1n) is 10.2. The van der Waals surface area contributed by atoms with Crippen LogP contribution in [-0.2, 0) is 10.5 Å². The van der Waals surface area contributed by atoms with Crippen LogP contribution in [0.25, 0.3) is 0 Å². The molecule has 0 aliphatic heterocycles. The lowest BCUT2D eigenvalue weighted by molar-refractivity contribution is 0.417. The maximum absolute atomic E-state index is 10.1. The third-order valence-corrected chi connectivity index (χ3v) is 8.13. The Bertz CT molecular complexity index is 956. The van der Waals surface area contributed by atoms with Gasteiger partial charge in [0.1, 0.15) is 15.9 Å². The summed E-state index contributed by atoms with van der Waals surface area (Å²) >= 11 is 0. The van der Waals surface area contributed by atoms with Gasteiger partial charge < -0.3 is 4.55 Å². The van der Waals surface area contributed by atoms with Crippen LogP contribution in [0.4, 0.5) is 3.89 Å². The molecule has 0 N–H and O–H groups in total. The number of hydrogen-bond donors (Lipinski definition) is 0. The Morgan fingerprint density at radius 2 is 1.10 bits per heavy atom. The van der Waals surface area contributed by atoms with Crippen molar-refractivity contribution in [1.29, 1.82) is 0 Å². The van der Waals surface area contributed by atoms with Crippen LogP contribution in [0.2, 0.25) is 0 Å². The average Bonchev–Trinajstić information content (AvgIpc) is 2.76. The summed E-state index contributed by atoms with van der Waals surface area (Å²) in [5, 5.41) is 4.41. The van der Waals surface area contributed by atoms with Crippen LogP contribution in [0.3, 0.4) is 0 Å². The summed E-state index contributed by atoms with van der Waals surface area (Å²) in [6.07, 6.45) is 6.96. The molecule has 3 nitrogen and oxygen atoms in total. The third kappa shape index (κ3) is 7.02. The molecule has 0 atom stereocenters. The Hall–Kier alpha value is -2.07. The second-order valence-electron chi connectivity index (χ2n) is 7.46. The van der Waals surface area contributed by atoms with Crippen molar-refractivity contribution in [2.45, 2.75) is 38.0 Å². The van der Waals surface area contributed by atoms with Crippen molar-refractivity contribution in [3.8, 4) is 0 Å². The fourth-order valence-corrected chi connectivity index (χ4v) is 6.62. The first-order valence-corrected chi connectivity index (χ1v) is 13.0. The zero-order valence-corrected chi connectivity index (χ0v) is 18.5. The van der Waals surface area contributed by atoms with Crippen LogP contribution in [0.5, 0.6) is 0 Å². The molecule has 0 saturated heterocycles. The van der Waals surface area contributed by atoms with Gasteiger partial charge in [0.05, 0.1) is 7.92 Å². The van der Waals surface area contributed by atoms with Gasteiger partial charge in [-0.15, -0.1) is 3.89 Å². The van der Waals surface area contributed by atoms with Gasteiger partial charge in [-0.2, -0.15) is 0 Å². The molecule has 4 rings (SSSR count). The summed E-state index contributed by atoms with van der Waals surface area (Å²) in [5.74, 6) is 0.784. The fraction of sp³-hybridized carbons (Fsp3) is 0.250. The fourth-order valence-electron chi connectivity index (χ4n) is 4.07. The Morgan fingerprint density at radius 1 is 0.700 bits per heavy atom. The molecule has 1 aliphatic rings. The SMILES string of the molecule is O=S(=O)([O-])F.c1ccc([PH+](c2ccccc2)c2ccc(C3CCCCC3)cc2)cc1. The molecule has 0 amide bonds.